The molecule has 0 saturated carbocycles. The molecule has 0 atom stereocenters. The van der Waals surface area contributed by atoms with E-state index in [9.17, 15) is 0 Å². The summed E-state index contributed by atoms with van der Waals surface area (Å²) in [6.07, 6.45) is 1.93. The van der Waals surface area contributed by atoms with Crippen molar-refractivity contribution in [3.05, 3.63) is 27.6 Å². The molecule has 1 aliphatic rings. The SMILES string of the molecule is Ic1ccc(CN2CCNCC2)nc1. The largest absolute Gasteiger partial charge is 0.314 e. The second-order valence-electron chi connectivity index (χ2n) is 3.49. The zero-order valence-electron chi connectivity index (χ0n) is 8.04. The summed E-state index contributed by atoms with van der Waals surface area (Å²) >= 11 is 2.28. The van der Waals surface area contributed by atoms with E-state index in [0.29, 0.717) is 0 Å². The summed E-state index contributed by atoms with van der Waals surface area (Å²) in [5.74, 6) is 0. The topological polar surface area (TPSA) is 28.2 Å². The lowest BCUT2D eigenvalue weighted by atomic mass is 10.3. The Bertz CT molecular complexity index is 280. The van der Waals surface area contributed by atoms with E-state index in [4.69, 9.17) is 0 Å². The molecular weight excluding hydrogens is 289 g/mol. The van der Waals surface area contributed by atoms with Crippen molar-refractivity contribution in [1.82, 2.24) is 15.2 Å². The molecule has 0 aliphatic carbocycles. The Kier molecular flexibility index (Phi) is 3.72. The monoisotopic (exact) mass is 303 g/mol. The molecule has 2 heterocycles. The Hall–Kier alpha value is -0.200. The lowest BCUT2D eigenvalue weighted by Crippen LogP contribution is -2.43. The van der Waals surface area contributed by atoms with Crippen LogP contribution in [0.5, 0.6) is 0 Å². The van der Waals surface area contributed by atoms with Crippen LogP contribution < -0.4 is 5.32 Å². The second-order valence-corrected chi connectivity index (χ2v) is 4.74. The van der Waals surface area contributed by atoms with E-state index >= 15 is 0 Å². The molecule has 0 unspecified atom stereocenters. The van der Waals surface area contributed by atoms with Gasteiger partial charge in [-0.25, -0.2) is 0 Å². The average Bonchev–Trinajstić information content (AvgIpc) is 2.23. The van der Waals surface area contributed by atoms with Gasteiger partial charge in [0.05, 0.1) is 5.69 Å². The quantitative estimate of drug-likeness (QED) is 0.829. The van der Waals surface area contributed by atoms with Crippen LogP contribution in [0.3, 0.4) is 0 Å². The fourth-order valence-electron chi connectivity index (χ4n) is 1.60. The minimum absolute atomic E-state index is 0.985. The molecule has 1 N–H and O–H groups in total. The first-order valence-electron chi connectivity index (χ1n) is 4.88. The summed E-state index contributed by atoms with van der Waals surface area (Å²) in [7, 11) is 0. The molecule has 2 rings (SSSR count). The molecule has 0 spiro atoms. The van der Waals surface area contributed by atoms with Crippen LogP contribution in [0.15, 0.2) is 18.3 Å². The third kappa shape index (κ3) is 2.90. The summed E-state index contributed by atoms with van der Waals surface area (Å²) < 4.78 is 1.20. The molecule has 0 radical (unpaired) electrons. The number of halogens is 1. The van der Waals surface area contributed by atoms with Gasteiger partial charge in [-0.05, 0) is 34.7 Å². The molecule has 76 valence electrons. The van der Waals surface area contributed by atoms with Gasteiger partial charge < -0.3 is 5.32 Å². The van der Waals surface area contributed by atoms with E-state index in [1.165, 1.54) is 9.26 Å². The molecule has 1 aromatic rings. The number of hydrogen-bond acceptors (Lipinski definition) is 3. The molecule has 4 heteroatoms. The summed E-state index contributed by atoms with van der Waals surface area (Å²) in [6, 6.07) is 4.23. The zero-order valence-corrected chi connectivity index (χ0v) is 10.2. The molecule has 0 amide bonds. The zero-order chi connectivity index (χ0) is 9.80. The van der Waals surface area contributed by atoms with Gasteiger partial charge in [0.15, 0.2) is 0 Å². The van der Waals surface area contributed by atoms with E-state index < -0.39 is 0 Å². The van der Waals surface area contributed by atoms with Crippen molar-refractivity contribution in [3.63, 3.8) is 0 Å². The Morgan fingerprint density at radius 2 is 2.14 bits per heavy atom. The highest BCUT2D eigenvalue weighted by Gasteiger charge is 2.09. The van der Waals surface area contributed by atoms with Gasteiger partial charge in [-0.15, -0.1) is 0 Å². The summed E-state index contributed by atoms with van der Waals surface area (Å²) in [5.41, 5.74) is 1.17. The van der Waals surface area contributed by atoms with Crippen LogP contribution in [-0.4, -0.2) is 36.1 Å². The van der Waals surface area contributed by atoms with Crippen LogP contribution in [0.4, 0.5) is 0 Å². The number of nitrogens with one attached hydrogen (secondary N) is 1. The van der Waals surface area contributed by atoms with Gasteiger partial charge in [0.1, 0.15) is 0 Å². The number of nitrogens with zero attached hydrogens (tertiary/aromatic N) is 2. The van der Waals surface area contributed by atoms with Crippen molar-refractivity contribution in [2.75, 3.05) is 26.2 Å². The lowest BCUT2D eigenvalue weighted by Gasteiger charge is -2.26. The number of piperazine rings is 1. The van der Waals surface area contributed by atoms with E-state index in [1.54, 1.807) is 0 Å². The number of hydrogen-bond donors (Lipinski definition) is 1. The molecule has 1 fully saturated rings. The van der Waals surface area contributed by atoms with Gasteiger partial charge in [0.25, 0.3) is 0 Å². The first-order chi connectivity index (χ1) is 6.84. The van der Waals surface area contributed by atoms with Crippen molar-refractivity contribution in [3.8, 4) is 0 Å². The van der Waals surface area contributed by atoms with Crippen LogP contribution >= 0.6 is 22.6 Å². The predicted octanol–water partition coefficient (Wildman–Crippen LogP) is 1.09. The molecule has 1 aromatic heterocycles. The maximum Gasteiger partial charge on any atom is 0.0544 e. The smallest absolute Gasteiger partial charge is 0.0544 e. The highest BCUT2D eigenvalue weighted by molar-refractivity contribution is 14.1. The van der Waals surface area contributed by atoms with Crippen LogP contribution in [0.1, 0.15) is 5.69 Å². The van der Waals surface area contributed by atoms with Crippen LogP contribution in [0.25, 0.3) is 0 Å². The first-order valence-corrected chi connectivity index (χ1v) is 5.96. The van der Waals surface area contributed by atoms with Gasteiger partial charge in [0.2, 0.25) is 0 Å². The average molecular weight is 303 g/mol. The highest BCUT2D eigenvalue weighted by atomic mass is 127. The Morgan fingerprint density at radius 1 is 1.36 bits per heavy atom. The molecule has 14 heavy (non-hydrogen) atoms. The third-order valence-corrected chi connectivity index (χ3v) is 3.02. The molecular formula is C10H14IN3. The maximum atomic E-state index is 4.40. The minimum Gasteiger partial charge on any atom is -0.314 e. The van der Waals surface area contributed by atoms with Crippen molar-refractivity contribution in [1.29, 1.82) is 0 Å². The van der Waals surface area contributed by atoms with Gasteiger partial charge in [0, 0.05) is 42.5 Å². The van der Waals surface area contributed by atoms with Crippen molar-refractivity contribution in [2.45, 2.75) is 6.54 Å². The van der Waals surface area contributed by atoms with E-state index in [1.807, 2.05) is 6.20 Å². The molecule has 1 aliphatic heterocycles. The van der Waals surface area contributed by atoms with Crippen LogP contribution in [0.2, 0.25) is 0 Å². The number of pyridine rings is 1. The van der Waals surface area contributed by atoms with E-state index in [0.717, 1.165) is 32.7 Å². The maximum absolute atomic E-state index is 4.40. The first kappa shape index (κ1) is 10.3. The molecule has 0 aromatic carbocycles. The van der Waals surface area contributed by atoms with Crippen LogP contribution in [0, 0.1) is 3.57 Å². The molecule has 0 bridgehead atoms. The van der Waals surface area contributed by atoms with Gasteiger partial charge in [-0.1, -0.05) is 0 Å². The fourth-order valence-corrected chi connectivity index (χ4v) is 1.92. The van der Waals surface area contributed by atoms with Crippen molar-refractivity contribution < 1.29 is 0 Å². The van der Waals surface area contributed by atoms with Gasteiger partial charge in [-0.2, -0.15) is 0 Å². The Balaban J connectivity index is 1.92. The minimum atomic E-state index is 0.985. The summed E-state index contributed by atoms with van der Waals surface area (Å²) in [5, 5.41) is 3.35. The predicted molar refractivity (Wildman–Crippen MR) is 65.1 cm³/mol. The third-order valence-electron chi connectivity index (χ3n) is 2.38. The van der Waals surface area contributed by atoms with Crippen molar-refractivity contribution in [2.24, 2.45) is 0 Å². The Labute approximate surface area is 98.0 Å². The lowest BCUT2D eigenvalue weighted by molar-refractivity contribution is 0.230. The molecule has 1 saturated heterocycles. The van der Waals surface area contributed by atoms with Gasteiger partial charge >= 0.3 is 0 Å². The fraction of sp³-hybridized carbons (Fsp3) is 0.500. The number of aromatic nitrogens is 1. The van der Waals surface area contributed by atoms with E-state index in [2.05, 4.69) is 49.9 Å². The van der Waals surface area contributed by atoms with Gasteiger partial charge in [-0.3, -0.25) is 9.88 Å². The van der Waals surface area contributed by atoms with Crippen LogP contribution in [-0.2, 0) is 6.54 Å². The molecule has 3 nitrogen and oxygen atoms in total. The van der Waals surface area contributed by atoms with Crippen molar-refractivity contribution >= 4 is 22.6 Å². The number of rotatable bonds is 2. The summed E-state index contributed by atoms with van der Waals surface area (Å²) in [4.78, 5) is 6.84. The Morgan fingerprint density at radius 3 is 2.79 bits per heavy atom. The highest BCUT2D eigenvalue weighted by Crippen LogP contribution is 2.06. The second kappa shape index (κ2) is 5.04. The summed E-state index contributed by atoms with van der Waals surface area (Å²) in [6.45, 7) is 5.45. The standard InChI is InChI=1S/C10H14IN3/c11-9-1-2-10(13-7-9)8-14-5-3-12-4-6-14/h1-2,7,12H,3-6,8H2. The normalized spacial score (nSPS) is 18.4. The van der Waals surface area contributed by atoms with E-state index in [-0.39, 0.29) is 0 Å².